The van der Waals surface area contributed by atoms with Crippen molar-refractivity contribution in [2.45, 2.75) is 25.4 Å². The number of fused-ring (bicyclic) bond motifs is 3. The second-order valence-corrected chi connectivity index (χ2v) is 9.86. The van der Waals surface area contributed by atoms with E-state index in [0.29, 0.717) is 41.9 Å². The van der Waals surface area contributed by atoms with Gasteiger partial charge in [0, 0.05) is 36.6 Å². The SMILES string of the molecule is COc1c(C(=O)NC2CCN(C(=O)CO)CC2)n(C)c2c1c(=O)n(Cc1ccccc1Cl)c1ccccc21. The molecule has 5 rings (SSSR count). The highest BCUT2D eigenvalue weighted by Gasteiger charge is 2.30. The molecule has 0 spiro atoms. The number of methoxy groups -OCH3 is 1. The van der Waals surface area contributed by atoms with E-state index in [1.54, 1.807) is 27.1 Å². The second-order valence-electron chi connectivity index (χ2n) is 9.45. The molecule has 4 aromatic rings. The van der Waals surface area contributed by atoms with Crippen LogP contribution in [0, 0.1) is 0 Å². The van der Waals surface area contributed by atoms with E-state index in [1.165, 1.54) is 7.11 Å². The number of hydrogen-bond donors (Lipinski definition) is 2. The number of carbonyl (C=O) groups is 2. The average molecular weight is 537 g/mol. The van der Waals surface area contributed by atoms with Crippen molar-refractivity contribution in [3.05, 3.63) is 75.2 Å². The number of aryl methyl sites for hydroxylation is 1. The minimum atomic E-state index is -0.522. The topological polar surface area (TPSA) is 106 Å². The van der Waals surface area contributed by atoms with Gasteiger partial charge in [-0.3, -0.25) is 14.4 Å². The Labute approximate surface area is 224 Å². The maximum Gasteiger partial charge on any atom is 0.272 e. The molecule has 0 aliphatic carbocycles. The number of carbonyl (C=O) groups excluding carboxylic acids is 2. The Morgan fingerprint density at radius 2 is 1.79 bits per heavy atom. The van der Waals surface area contributed by atoms with Gasteiger partial charge in [0.1, 0.15) is 12.0 Å². The maximum absolute atomic E-state index is 14.0. The lowest BCUT2D eigenvalue weighted by Gasteiger charge is -2.32. The molecule has 9 nitrogen and oxygen atoms in total. The largest absolute Gasteiger partial charge is 0.493 e. The highest BCUT2D eigenvalue weighted by molar-refractivity contribution is 6.31. The van der Waals surface area contributed by atoms with Gasteiger partial charge >= 0.3 is 0 Å². The molecule has 2 amide bonds. The molecule has 10 heteroatoms. The highest BCUT2D eigenvalue weighted by atomic mass is 35.5. The number of piperidine rings is 1. The standard InChI is InChI=1S/C28H29ClN4O5/c1-31-24-19-8-4-6-10-21(19)33(15-17-7-3-5-9-20(17)29)28(37)23(24)26(38-2)25(31)27(36)30-18-11-13-32(14-12-18)22(35)16-34/h3-10,18,34H,11-16H2,1-2H3,(H,30,36). The van der Waals surface area contributed by atoms with E-state index >= 15 is 0 Å². The van der Waals surface area contributed by atoms with E-state index < -0.39 is 6.61 Å². The fourth-order valence-corrected chi connectivity index (χ4v) is 5.56. The molecular weight excluding hydrogens is 508 g/mol. The fourth-order valence-electron chi connectivity index (χ4n) is 5.36. The number of halogens is 1. The third-order valence-corrected chi connectivity index (χ3v) is 7.65. The van der Waals surface area contributed by atoms with E-state index in [1.807, 2.05) is 42.5 Å². The van der Waals surface area contributed by atoms with Gasteiger partial charge < -0.3 is 29.2 Å². The van der Waals surface area contributed by atoms with Crippen molar-refractivity contribution in [2.75, 3.05) is 26.8 Å². The maximum atomic E-state index is 14.0. The van der Waals surface area contributed by atoms with E-state index in [2.05, 4.69) is 5.32 Å². The Balaban J connectivity index is 1.59. The molecule has 1 aliphatic rings. The van der Waals surface area contributed by atoms with Gasteiger partial charge in [0.05, 0.1) is 24.7 Å². The molecule has 0 saturated carbocycles. The van der Waals surface area contributed by atoms with Gasteiger partial charge in [0.25, 0.3) is 11.5 Å². The summed E-state index contributed by atoms with van der Waals surface area (Å²) in [6, 6.07) is 14.8. The minimum absolute atomic E-state index is 0.151. The number of ether oxygens (including phenoxy) is 1. The quantitative estimate of drug-likeness (QED) is 0.394. The molecule has 38 heavy (non-hydrogen) atoms. The summed E-state index contributed by atoms with van der Waals surface area (Å²) in [5.41, 5.74) is 2.13. The number of aromatic nitrogens is 2. The van der Waals surface area contributed by atoms with Crippen LogP contribution >= 0.6 is 11.6 Å². The zero-order valence-corrected chi connectivity index (χ0v) is 22.0. The van der Waals surface area contributed by atoms with Gasteiger partial charge in [-0.25, -0.2) is 0 Å². The first kappa shape index (κ1) is 25.8. The number of hydrogen-bond acceptors (Lipinski definition) is 5. The third kappa shape index (κ3) is 4.41. The normalized spacial score (nSPS) is 14.3. The Morgan fingerprint density at radius 1 is 1.11 bits per heavy atom. The smallest absolute Gasteiger partial charge is 0.272 e. The van der Waals surface area contributed by atoms with Gasteiger partial charge in [-0.2, -0.15) is 0 Å². The van der Waals surface area contributed by atoms with E-state index in [0.717, 1.165) is 16.5 Å². The molecule has 0 atom stereocenters. The molecule has 2 aromatic carbocycles. The van der Waals surface area contributed by atoms with Crippen molar-refractivity contribution in [1.29, 1.82) is 0 Å². The van der Waals surface area contributed by atoms with Crippen molar-refractivity contribution >= 4 is 45.2 Å². The number of rotatable bonds is 6. The molecule has 3 heterocycles. The highest BCUT2D eigenvalue weighted by Crippen LogP contribution is 2.35. The molecular formula is C28H29ClN4O5. The van der Waals surface area contributed by atoms with Crippen LogP contribution in [0.15, 0.2) is 53.3 Å². The Morgan fingerprint density at radius 3 is 2.47 bits per heavy atom. The summed E-state index contributed by atoms with van der Waals surface area (Å²) < 4.78 is 9.09. The summed E-state index contributed by atoms with van der Waals surface area (Å²) in [4.78, 5) is 40.9. The van der Waals surface area contributed by atoms with Crippen LogP contribution in [0.1, 0.15) is 28.9 Å². The Bertz CT molecular complexity index is 1600. The van der Waals surface area contributed by atoms with E-state index in [9.17, 15) is 14.4 Å². The lowest BCUT2D eigenvalue weighted by atomic mass is 10.0. The van der Waals surface area contributed by atoms with Crippen molar-refractivity contribution in [3.63, 3.8) is 0 Å². The zero-order chi connectivity index (χ0) is 27.0. The molecule has 1 aliphatic heterocycles. The van der Waals surface area contributed by atoms with Gasteiger partial charge in [-0.05, 0) is 30.5 Å². The Hall–Kier alpha value is -3.82. The summed E-state index contributed by atoms with van der Waals surface area (Å²) in [5, 5.41) is 13.9. The number of amides is 2. The molecule has 0 radical (unpaired) electrons. The first-order valence-corrected chi connectivity index (χ1v) is 12.8. The van der Waals surface area contributed by atoms with Crippen molar-refractivity contribution < 1.29 is 19.4 Å². The fraction of sp³-hybridized carbons (Fsp3) is 0.321. The average Bonchev–Trinajstić information content (AvgIpc) is 3.24. The summed E-state index contributed by atoms with van der Waals surface area (Å²) in [7, 11) is 3.21. The lowest BCUT2D eigenvalue weighted by molar-refractivity contribution is -0.135. The number of pyridine rings is 1. The van der Waals surface area contributed by atoms with Gasteiger partial charge in [-0.15, -0.1) is 0 Å². The first-order chi connectivity index (χ1) is 18.3. The van der Waals surface area contributed by atoms with Crippen molar-refractivity contribution in [2.24, 2.45) is 7.05 Å². The zero-order valence-electron chi connectivity index (χ0n) is 21.2. The van der Waals surface area contributed by atoms with Crippen LogP contribution < -0.4 is 15.6 Å². The minimum Gasteiger partial charge on any atom is -0.493 e. The molecule has 0 unspecified atom stereocenters. The van der Waals surface area contributed by atoms with Crippen molar-refractivity contribution in [1.82, 2.24) is 19.4 Å². The van der Waals surface area contributed by atoms with Gasteiger partial charge in [0.2, 0.25) is 5.91 Å². The van der Waals surface area contributed by atoms with Crippen LogP contribution in [0.5, 0.6) is 5.75 Å². The van der Waals surface area contributed by atoms with Crippen LogP contribution in [0.4, 0.5) is 0 Å². The third-order valence-electron chi connectivity index (χ3n) is 7.28. The predicted molar refractivity (Wildman–Crippen MR) is 146 cm³/mol. The summed E-state index contributed by atoms with van der Waals surface area (Å²) in [6.07, 6.45) is 1.13. The van der Waals surface area contributed by atoms with Gasteiger partial charge in [-0.1, -0.05) is 48.0 Å². The Kier molecular flexibility index (Phi) is 7.14. The second kappa shape index (κ2) is 10.5. The molecule has 2 aromatic heterocycles. The van der Waals surface area contributed by atoms with Crippen LogP contribution in [-0.2, 0) is 18.4 Å². The number of nitrogens with one attached hydrogen (secondary N) is 1. The monoisotopic (exact) mass is 536 g/mol. The number of benzene rings is 2. The van der Waals surface area contributed by atoms with Crippen molar-refractivity contribution in [3.8, 4) is 5.75 Å². The number of aliphatic hydroxyl groups is 1. The molecule has 0 bridgehead atoms. The van der Waals surface area contributed by atoms with E-state index in [4.69, 9.17) is 21.4 Å². The summed E-state index contributed by atoms with van der Waals surface area (Å²) in [6.45, 7) is 0.647. The summed E-state index contributed by atoms with van der Waals surface area (Å²) >= 11 is 6.42. The molecule has 1 fully saturated rings. The van der Waals surface area contributed by atoms with Gasteiger partial charge in [0.15, 0.2) is 11.4 Å². The number of likely N-dealkylation sites (tertiary alicyclic amines) is 1. The van der Waals surface area contributed by atoms with Crippen LogP contribution in [-0.4, -0.2) is 63.8 Å². The molecule has 198 valence electrons. The van der Waals surface area contributed by atoms with Crippen LogP contribution in [0.2, 0.25) is 5.02 Å². The lowest BCUT2D eigenvalue weighted by Crippen LogP contribution is -2.47. The van der Waals surface area contributed by atoms with Crippen LogP contribution in [0.25, 0.3) is 21.8 Å². The summed E-state index contributed by atoms with van der Waals surface area (Å²) in [5.74, 6) is -0.449. The number of para-hydroxylation sites is 1. The van der Waals surface area contributed by atoms with E-state index in [-0.39, 0.29) is 41.4 Å². The molecule has 2 N–H and O–H groups in total. The predicted octanol–water partition coefficient (Wildman–Crippen LogP) is 2.92. The number of aliphatic hydroxyl groups excluding tert-OH is 1. The number of nitrogens with zero attached hydrogens (tertiary/aromatic N) is 3. The molecule has 1 saturated heterocycles. The van der Waals surface area contributed by atoms with Crippen LogP contribution in [0.3, 0.4) is 0 Å². The first-order valence-electron chi connectivity index (χ1n) is 12.5.